The van der Waals surface area contributed by atoms with Crippen molar-refractivity contribution in [2.24, 2.45) is 11.7 Å². The molecule has 5 nitrogen and oxygen atoms in total. The second-order valence-electron chi connectivity index (χ2n) is 6.71. The van der Waals surface area contributed by atoms with E-state index in [1.54, 1.807) is 0 Å². The highest BCUT2D eigenvalue weighted by atomic mass is 35.5. The highest BCUT2D eigenvalue weighted by molar-refractivity contribution is 5.88. The summed E-state index contributed by atoms with van der Waals surface area (Å²) >= 11 is 0. The van der Waals surface area contributed by atoms with Crippen molar-refractivity contribution in [3.63, 3.8) is 0 Å². The molecule has 2 aromatic rings. The minimum absolute atomic E-state index is 0. The Balaban J connectivity index is 0.00000364. The summed E-state index contributed by atoms with van der Waals surface area (Å²) in [6.45, 7) is 4.13. The molecule has 146 valence electrons. The number of hydrogen-bond donors (Lipinski definition) is 3. The van der Waals surface area contributed by atoms with Gasteiger partial charge in [0, 0.05) is 12.6 Å². The number of carbonyl (C=O) groups is 2. The quantitative estimate of drug-likeness (QED) is 0.648. The molecule has 0 heterocycles. The first-order chi connectivity index (χ1) is 12.5. The molecule has 2 rings (SSSR count). The Kier molecular flexibility index (Phi) is 9.54. The predicted octanol–water partition coefficient (Wildman–Crippen LogP) is 2.61. The van der Waals surface area contributed by atoms with Gasteiger partial charge in [0.05, 0.1) is 6.42 Å². The smallest absolute Gasteiger partial charge is 0.242 e. The van der Waals surface area contributed by atoms with Gasteiger partial charge in [-0.15, -0.1) is 12.4 Å². The summed E-state index contributed by atoms with van der Waals surface area (Å²) in [5.41, 5.74) is 8.00. The lowest BCUT2D eigenvalue weighted by Crippen LogP contribution is -2.51. The van der Waals surface area contributed by atoms with Crippen LogP contribution in [-0.2, 0) is 16.0 Å². The maximum Gasteiger partial charge on any atom is 0.242 e. The molecule has 0 bridgehead atoms. The first-order valence-corrected chi connectivity index (χ1v) is 8.89. The first kappa shape index (κ1) is 22.7. The van der Waals surface area contributed by atoms with Crippen molar-refractivity contribution in [2.75, 3.05) is 6.54 Å². The second-order valence-corrected chi connectivity index (χ2v) is 6.71. The minimum atomic E-state index is -0.589. The normalized spacial score (nSPS) is 12.6. The Morgan fingerprint density at radius 1 is 0.963 bits per heavy atom. The number of hydrogen-bond acceptors (Lipinski definition) is 3. The Labute approximate surface area is 167 Å². The van der Waals surface area contributed by atoms with Crippen molar-refractivity contribution in [1.29, 1.82) is 0 Å². The van der Waals surface area contributed by atoms with Crippen LogP contribution in [-0.4, -0.2) is 24.4 Å². The van der Waals surface area contributed by atoms with Gasteiger partial charge in [0.15, 0.2) is 0 Å². The van der Waals surface area contributed by atoms with Gasteiger partial charge in [0.2, 0.25) is 11.8 Å². The first-order valence-electron chi connectivity index (χ1n) is 8.89. The van der Waals surface area contributed by atoms with Crippen LogP contribution in [0.2, 0.25) is 0 Å². The maximum atomic E-state index is 12.5. The number of nitrogens with two attached hydrogens (primary N) is 1. The third-order valence-corrected chi connectivity index (χ3v) is 4.20. The van der Waals surface area contributed by atoms with Crippen LogP contribution >= 0.6 is 12.4 Å². The molecule has 6 heteroatoms. The van der Waals surface area contributed by atoms with Gasteiger partial charge in [-0.1, -0.05) is 74.5 Å². The molecule has 0 aliphatic carbocycles. The summed E-state index contributed by atoms with van der Waals surface area (Å²) in [4.78, 5) is 24.8. The molecule has 0 saturated carbocycles. The predicted molar refractivity (Wildman–Crippen MR) is 111 cm³/mol. The molecular weight excluding hydrogens is 362 g/mol. The van der Waals surface area contributed by atoms with E-state index in [-0.39, 0.29) is 42.6 Å². The number of rotatable bonds is 8. The van der Waals surface area contributed by atoms with Crippen molar-refractivity contribution in [3.05, 3.63) is 71.8 Å². The molecule has 2 amide bonds. The molecule has 2 unspecified atom stereocenters. The van der Waals surface area contributed by atoms with Crippen LogP contribution in [0.3, 0.4) is 0 Å². The van der Waals surface area contributed by atoms with E-state index in [1.165, 1.54) is 0 Å². The Hall–Kier alpha value is -2.37. The maximum absolute atomic E-state index is 12.5. The lowest BCUT2D eigenvalue weighted by Gasteiger charge is -2.23. The van der Waals surface area contributed by atoms with Crippen LogP contribution in [0, 0.1) is 5.92 Å². The Bertz CT molecular complexity index is 708. The largest absolute Gasteiger partial charge is 0.352 e. The lowest BCUT2D eigenvalue weighted by atomic mass is 10.0. The van der Waals surface area contributed by atoms with E-state index in [2.05, 4.69) is 10.6 Å². The summed E-state index contributed by atoms with van der Waals surface area (Å²) in [6.07, 6.45) is 0.251. The molecule has 2 atom stereocenters. The Morgan fingerprint density at radius 3 is 2.07 bits per heavy atom. The number of nitrogens with one attached hydrogen (secondary N) is 2. The van der Waals surface area contributed by atoms with Crippen molar-refractivity contribution in [2.45, 2.75) is 32.4 Å². The third-order valence-electron chi connectivity index (χ3n) is 4.20. The van der Waals surface area contributed by atoms with E-state index in [0.717, 1.165) is 11.1 Å². The SMILES string of the molecule is CC(C)C(NC(=O)Cc1ccccc1)C(=O)NCC(N)c1ccccc1.Cl. The second kappa shape index (κ2) is 11.4. The summed E-state index contributed by atoms with van der Waals surface area (Å²) in [7, 11) is 0. The van der Waals surface area contributed by atoms with E-state index in [4.69, 9.17) is 5.73 Å². The number of carbonyl (C=O) groups excluding carboxylic acids is 2. The van der Waals surface area contributed by atoms with Crippen molar-refractivity contribution in [3.8, 4) is 0 Å². The minimum Gasteiger partial charge on any atom is -0.352 e. The average molecular weight is 390 g/mol. The van der Waals surface area contributed by atoms with Gasteiger partial charge < -0.3 is 16.4 Å². The van der Waals surface area contributed by atoms with Crippen LogP contribution in [0.4, 0.5) is 0 Å². The van der Waals surface area contributed by atoms with Crippen LogP contribution in [0.25, 0.3) is 0 Å². The van der Waals surface area contributed by atoms with Gasteiger partial charge in [-0.25, -0.2) is 0 Å². The van der Waals surface area contributed by atoms with Gasteiger partial charge in [0.25, 0.3) is 0 Å². The van der Waals surface area contributed by atoms with Crippen LogP contribution in [0.15, 0.2) is 60.7 Å². The summed E-state index contributed by atoms with van der Waals surface area (Å²) in [5.74, 6) is -0.409. The Morgan fingerprint density at radius 2 is 1.52 bits per heavy atom. The molecule has 0 aliphatic rings. The zero-order chi connectivity index (χ0) is 18.9. The fourth-order valence-electron chi connectivity index (χ4n) is 2.68. The molecule has 27 heavy (non-hydrogen) atoms. The molecule has 0 fully saturated rings. The number of amides is 2. The summed E-state index contributed by atoms with van der Waals surface area (Å²) < 4.78 is 0. The number of benzene rings is 2. The molecule has 0 aromatic heterocycles. The van der Waals surface area contributed by atoms with Crippen LogP contribution in [0.1, 0.15) is 31.0 Å². The summed E-state index contributed by atoms with van der Waals surface area (Å²) in [5, 5.41) is 5.69. The lowest BCUT2D eigenvalue weighted by molar-refractivity contribution is -0.129. The van der Waals surface area contributed by atoms with Gasteiger partial charge in [-0.05, 0) is 17.0 Å². The monoisotopic (exact) mass is 389 g/mol. The summed E-state index contributed by atoms with van der Waals surface area (Å²) in [6, 6.07) is 18.2. The molecule has 4 N–H and O–H groups in total. The van der Waals surface area contributed by atoms with Gasteiger partial charge in [-0.3, -0.25) is 9.59 Å². The van der Waals surface area contributed by atoms with E-state index >= 15 is 0 Å². The van der Waals surface area contributed by atoms with Gasteiger partial charge in [0.1, 0.15) is 6.04 Å². The van der Waals surface area contributed by atoms with E-state index in [9.17, 15) is 9.59 Å². The zero-order valence-corrected chi connectivity index (χ0v) is 16.5. The van der Waals surface area contributed by atoms with Crippen LogP contribution < -0.4 is 16.4 Å². The van der Waals surface area contributed by atoms with Gasteiger partial charge in [-0.2, -0.15) is 0 Å². The standard InChI is InChI=1S/C21H27N3O2.ClH/c1-15(2)20(24-19(25)13-16-9-5-3-6-10-16)21(26)23-14-18(22)17-11-7-4-8-12-17;/h3-12,15,18,20H,13-14,22H2,1-2H3,(H,23,26)(H,24,25);1H. The third kappa shape index (κ3) is 7.41. The molecule has 0 radical (unpaired) electrons. The van der Waals surface area contributed by atoms with E-state index in [0.29, 0.717) is 6.54 Å². The molecule has 0 saturated heterocycles. The molecule has 0 spiro atoms. The molecule has 0 aliphatic heterocycles. The molecule has 2 aromatic carbocycles. The average Bonchev–Trinajstić information content (AvgIpc) is 2.65. The zero-order valence-electron chi connectivity index (χ0n) is 15.7. The van der Waals surface area contributed by atoms with Crippen molar-refractivity contribution < 1.29 is 9.59 Å². The van der Waals surface area contributed by atoms with Gasteiger partial charge >= 0.3 is 0 Å². The number of halogens is 1. The van der Waals surface area contributed by atoms with Crippen molar-refractivity contribution in [1.82, 2.24) is 10.6 Å². The fourth-order valence-corrected chi connectivity index (χ4v) is 2.68. The fraction of sp³-hybridized carbons (Fsp3) is 0.333. The molecular formula is C21H28ClN3O2. The van der Waals surface area contributed by atoms with Crippen molar-refractivity contribution >= 4 is 24.2 Å². The van der Waals surface area contributed by atoms with E-state index < -0.39 is 6.04 Å². The van der Waals surface area contributed by atoms with E-state index in [1.807, 2.05) is 74.5 Å². The highest BCUT2D eigenvalue weighted by Crippen LogP contribution is 2.09. The highest BCUT2D eigenvalue weighted by Gasteiger charge is 2.24. The van der Waals surface area contributed by atoms with Crippen LogP contribution in [0.5, 0.6) is 0 Å². The topological polar surface area (TPSA) is 84.2 Å².